The Kier molecular flexibility index (Phi) is 4.84. The fourth-order valence-corrected chi connectivity index (χ4v) is 2.32. The van der Waals surface area contributed by atoms with E-state index in [1.807, 2.05) is 19.3 Å². The lowest BCUT2D eigenvalue weighted by Crippen LogP contribution is -2.20. The largest absolute Gasteiger partial charge is 0.300 e. The fourth-order valence-electron chi connectivity index (χ4n) is 2.32. The third kappa shape index (κ3) is 3.87. The second-order valence-corrected chi connectivity index (χ2v) is 5.40. The van der Waals surface area contributed by atoms with Gasteiger partial charge in [-0.2, -0.15) is 5.10 Å². The summed E-state index contributed by atoms with van der Waals surface area (Å²) in [7, 11) is 2.12. The number of aromatic nitrogens is 4. The van der Waals surface area contributed by atoms with E-state index in [4.69, 9.17) is 0 Å². The van der Waals surface area contributed by atoms with Gasteiger partial charge in [0.05, 0.1) is 17.1 Å². The Bertz CT molecular complexity index is 524. The Labute approximate surface area is 120 Å². The van der Waals surface area contributed by atoms with Gasteiger partial charge in [-0.25, -0.2) is 0 Å². The van der Waals surface area contributed by atoms with Gasteiger partial charge in [-0.15, -0.1) is 0 Å². The molecular formula is C15H23N5. The molecule has 0 aromatic carbocycles. The van der Waals surface area contributed by atoms with Crippen LogP contribution in [0.15, 0.2) is 12.4 Å². The summed E-state index contributed by atoms with van der Waals surface area (Å²) in [5.74, 6) is 0. The van der Waals surface area contributed by atoms with Crippen molar-refractivity contribution in [2.45, 2.75) is 40.2 Å². The summed E-state index contributed by atoms with van der Waals surface area (Å²) in [6, 6.07) is 0. The first-order valence-electron chi connectivity index (χ1n) is 7.02. The highest BCUT2D eigenvalue weighted by molar-refractivity contribution is 5.23. The standard InChI is InChI=1S/C15H23N5/c1-11-8-17-14(9-16-11)10-20(4)7-5-6-15-12(2)18-19-13(15)3/h8-9H,5-7,10H2,1-4H3,(H,18,19). The summed E-state index contributed by atoms with van der Waals surface area (Å²) in [5, 5.41) is 7.27. The molecule has 2 aromatic heterocycles. The molecule has 0 aliphatic rings. The van der Waals surface area contributed by atoms with Crippen molar-refractivity contribution >= 4 is 0 Å². The van der Waals surface area contributed by atoms with Crippen LogP contribution in [0, 0.1) is 20.8 Å². The number of hydrogen-bond donors (Lipinski definition) is 1. The Balaban J connectivity index is 1.78. The minimum atomic E-state index is 0.844. The number of aromatic amines is 1. The van der Waals surface area contributed by atoms with Gasteiger partial charge in [0, 0.05) is 24.6 Å². The molecule has 1 N–H and O–H groups in total. The van der Waals surface area contributed by atoms with Crippen molar-refractivity contribution in [3.05, 3.63) is 40.7 Å². The van der Waals surface area contributed by atoms with Crippen molar-refractivity contribution in [3.8, 4) is 0 Å². The number of nitrogens with zero attached hydrogens (tertiary/aromatic N) is 4. The topological polar surface area (TPSA) is 57.7 Å². The predicted molar refractivity (Wildman–Crippen MR) is 79.5 cm³/mol. The Hall–Kier alpha value is -1.75. The number of aryl methyl sites for hydroxylation is 3. The Morgan fingerprint density at radius 2 is 1.95 bits per heavy atom. The zero-order valence-electron chi connectivity index (χ0n) is 12.8. The van der Waals surface area contributed by atoms with E-state index in [1.165, 1.54) is 11.3 Å². The maximum atomic E-state index is 4.39. The van der Waals surface area contributed by atoms with Gasteiger partial charge in [0.2, 0.25) is 0 Å². The smallest absolute Gasteiger partial charge is 0.0726 e. The van der Waals surface area contributed by atoms with E-state index in [9.17, 15) is 0 Å². The molecule has 2 rings (SSSR count). The summed E-state index contributed by atoms with van der Waals surface area (Å²) in [6.45, 7) is 7.98. The molecule has 0 radical (unpaired) electrons. The van der Waals surface area contributed by atoms with Crippen LogP contribution in [-0.4, -0.2) is 38.7 Å². The van der Waals surface area contributed by atoms with Crippen molar-refractivity contribution < 1.29 is 0 Å². The first-order chi connectivity index (χ1) is 9.56. The van der Waals surface area contributed by atoms with Crippen molar-refractivity contribution in [2.24, 2.45) is 0 Å². The van der Waals surface area contributed by atoms with Crippen LogP contribution >= 0.6 is 0 Å². The van der Waals surface area contributed by atoms with Gasteiger partial charge in [0.1, 0.15) is 0 Å². The van der Waals surface area contributed by atoms with E-state index in [2.05, 4.69) is 46.0 Å². The maximum absolute atomic E-state index is 4.39. The predicted octanol–water partition coefficient (Wildman–Crippen LogP) is 2.19. The highest BCUT2D eigenvalue weighted by Crippen LogP contribution is 2.12. The molecule has 0 amide bonds. The number of nitrogens with one attached hydrogen (secondary N) is 1. The fraction of sp³-hybridized carbons (Fsp3) is 0.533. The van der Waals surface area contributed by atoms with Crippen LogP contribution in [0.5, 0.6) is 0 Å². The van der Waals surface area contributed by atoms with E-state index < -0.39 is 0 Å². The van der Waals surface area contributed by atoms with Crippen LogP contribution in [0.4, 0.5) is 0 Å². The van der Waals surface area contributed by atoms with Crippen LogP contribution in [0.25, 0.3) is 0 Å². The minimum absolute atomic E-state index is 0.844. The van der Waals surface area contributed by atoms with E-state index in [0.717, 1.165) is 43.0 Å². The third-order valence-electron chi connectivity index (χ3n) is 3.51. The molecule has 0 atom stereocenters. The second kappa shape index (κ2) is 6.61. The molecule has 5 nitrogen and oxygen atoms in total. The highest BCUT2D eigenvalue weighted by Gasteiger charge is 2.07. The van der Waals surface area contributed by atoms with E-state index in [-0.39, 0.29) is 0 Å². The molecule has 0 saturated heterocycles. The molecule has 0 fully saturated rings. The third-order valence-corrected chi connectivity index (χ3v) is 3.51. The zero-order chi connectivity index (χ0) is 14.5. The highest BCUT2D eigenvalue weighted by atomic mass is 15.1. The van der Waals surface area contributed by atoms with Gasteiger partial charge in [-0.1, -0.05) is 0 Å². The zero-order valence-corrected chi connectivity index (χ0v) is 12.8. The summed E-state index contributed by atoms with van der Waals surface area (Å²) in [6.07, 6.45) is 5.87. The number of rotatable bonds is 6. The monoisotopic (exact) mass is 273 g/mol. The molecule has 108 valence electrons. The summed E-state index contributed by atoms with van der Waals surface area (Å²) in [5.41, 5.74) is 5.65. The van der Waals surface area contributed by atoms with Gasteiger partial charge >= 0.3 is 0 Å². The molecule has 20 heavy (non-hydrogen) atoms. The average Bonchev–Trinajstić information content (AvgIpc) is 2.73. The van der Waals surface area contributed by atoms with Crippen LogP contribution in [0.1, 0.15) is 34.8 Å². The van der Waals surface area contributed by atoms with E-state index in [0.29, 0.717) is 0 Å². The lowest BCUT2D eigenvalue weighted by atomic mass is 10.1. The minimum Gasteiger partial charge on any atom is -0.300 e. The second-order valence-electron chi connectivity index (χ2n) is 5.40. The van der Waals surface area contributed by atoms with E-state index in [1.54, 1.807) is 0 Å². The van der Waals surface area contributed by atoms with Crippen molar-refractivity contribution in [1.29, 1.82) is 0 Å². The van der Waals surface area contributed by atoms with Crippen molar-refractivity contribution in [3.63, 3.8) is 0 Å². The maximum Gasteiger partial charge on any atom is 0.0726 e. The molecule has 2 aromatic rings. The van der Waals surface area contributed by atoms with Crippen molar-refractivity contribution in [1.82, 2.24) is 25.1 Å². The molecule has 0 bridgehead atoms. The molecule has 0 saturated carbocycles. The summed E-state index contributed by atoms with van der Waals surface area (Å²) < 4.78 is 0. The van der Waals surface area contributed by atoms with E-state index >= 15 is 0 Å². The molecule has 0 aliphatic carbocycles. The molecule has 2 heterocycles. The average molecular weight is 273 g/mol. The Morgan fingerprint density at radius 3 is 2.55 bits per heavy atom. The Morgan fingerprint density at radius 1 is 1.15 bits per heavy atom. The van der Waals surface area contributed by atoms with Gasteiger partial charge in [-0.3, -0.25) is 15.1 Å². The summed E-state index contributed by atoms with van der Waals surface area (Å²) in [4.78, 5) is 10.9. The first kappa shape index (κ1) is 14.7. The lowest BCUT2D eigenvalue weighted by Gasteiger charge is -2.15. The molecule has 0 unspecified atom stereocenters. The van der Waals surface area contributed by atoms with Crippen molar-refractivity contribution in [2.75, 3.05) is 13.6 Å². The van der Waals surface area contributed by atoms with Crippen LogP contribution in [0.3, 0.4) is 0 Å². The molecule has 0 spiro atoms. The van der Waals surface area contributed by atoms with Crippen LogP contribution in [-0.2, 0) is 13.0 Å². The van der Waals surface area contributed by atoms with Gasteiger partial charge in [0.25, 0.3) is 0 Å². The molecule has 0 aliphatic heterocycles. The van der Waals surface area contributed by atoms with Crippen LogP contribution in [0.2, 0.25) is 0 Å². The van der Waals surface area contributed by atoms with Gasteiger partial charge < -0.3 is 4.90 Å². The molecular weight excluding hydrogens is 250 g/mol. The normalized spacial score (nSPS) is 11.2. The van der Waals surface area contributed by atoms with Gasteiger partial charge in [0.15, 0.2) is 0 Å². The van der Waals surface area contributed by atoms with Crippen LogP contribution < -0.4 is 0 Å². The number of hydrogen-bond acceptors (Lipinski definition) is 4. The first-order valence-corrected chi connectivity index (χ1v) is 7.02. The molecule has 5 heteroatoms. The van der Waals surface area contributed by atoms with Gasteiger partial charge in [-0.05, 0) is 52.8 Å². The quantitative estimate of drug-likeness (QED) is 0.876. The lowest BCUT2D eigenvalue weighted by molar-refractivity contribution is 0.317. The summed E-state index contributed by atoms with van der Waals surface area (Å²) >= 11 is 0. The number of H-pyrrole nitrogens is 1. The SMILES string of the molecule is Cc1cnc(CN(C)CCCc2c(C)n[nH]c2C)cn1.